The topological polar surface area (TPSA) is 35.6 Å². The molecule has 0 saturated carbocycles. The molecule has 2 aromatic heterocycles. The molecule has 0 spiro atoms. The summed E-state index contributed by atoms with van der Waals surface area (Å²) >= 11 is 5.92. The van der Waals surface area contributed by atoms with Crippen LogP contribution in [0, 0.1) is 5.82 Å². The van der Waals surface area contributed by atoms with Crippen molar-refractivity contribution < 1.29 is 4.39 Å². The lowest BCUT2D eigenvalue weighted by Crippen LogP contribution is -2.04. The van der Waals surface area contributed by atoms with E-state index in [0.717, 1.165) is 17.5 Å². The van der Waals surface area contributed by atoms with Gasteiger partial charge in [-0.15, -0.1) is 11.6 Å². The molecular formula is C14H14ClFN4. The normalized spacial score (nSPS) is 11.3. The predicted molar refractivity (Wildman–Crippen MR) is 76.2 cm³/mol. The summed E-state index contributed by atoms with van der Waals surface area (Å²) in [6.07, 6.45) is 4.61. The third-order valence-electron chi connectivity index (χ3n) is 3.31. The summed E-state index contributed by atoms with van der Waals surface area (Å²) in [6, 6.07) is 4.97. The predicted octanol–water partition coefficient (Wildman–Crippen LogP) is 2.89. The van der Waals surface area contributed by atoms with Crippen LogP contribution < -0.4 is 0 Å². The molecular weight excluding hydrogens is 279 g/mol. The van der Waals surface area contributed by atoms with E-state index < -0.39 is 0 Å². The number of aromatic nitrogens is 4. The molecule has 0 bridgehead atoms. The molecule has 0 radical (unpaired) electrons. The number of nitrogens with zero attached hydrogens (tertiary/aromatic N) is 4. The minimum absolute atomic E-state index is 0.265. The standard InChI is InChI=1S/C14H14ClFN4/c1-19-9-10(8-17-19)5-6-20-12-4-2-3-11(16)14(12)18-13(20)7-15/h2-4,8-9H,5-7H2,1H3. The Morgan fingerprint density at radius 2 is 2.20 bits per heavy atom. The van der Waals surface area contributed by atoms with Crippen molar-refractivity contribution >= 4 is 22.6 Å². The molecule has 0 N–H and O–H groups in total. The average molecular weight is 293 g/mol. The SMILES string of the molecule is Cn1cc(CCn2c(CCl)nc3c(F)cccc32)cn1. The van der Waals surface area contributed by atoms with Gasteiger partial charge in [0.2, 0.25) is 0 Å². The first kappa shape index (κ1) is 13.1. The van der Waals surface area contributed by atoms with Gasteiger partial charge in [-0.3, -0.25) is 4.68 Å². The number of alkyl halides is 1. The Kier molecular flexibility index (Phi) is 3.44. The van der Waals surface area contributed by atoms with E-state index in [9.17, 15) is 4.39 Å². The van der Waals surface area contributed by atoms with Gasteiger partial charge in [0.05, 0.1) is 17.6 Å². The molecule has 0 aliphatic carbocycles. The molecule has 0 aliphatic heterocycles. The zero-order valence-corrected chi connectivity index (χ0v) is 11.8. The summed E-state index contributed by atoms with van der Waals surface area (Å²) in [7, 11) is 1.88. The van der Waals surface area contributed by atoms with E-state index in [0.29, 0.717) is 17.9 Å². The fourth-order valence-electron chi connectivity index (χ4n) is 2.35. The van der Waals surface area contributed by atoms with Crippen LogP contribution in [-0.2, 0) is 25.9 Å². The highest BCUT2D eigenvalue weighted by Gasteiger charge is 2.13. The number of hydrogen-bond acceptors (Lipinski definition) is 2. The van der Waals surface area contributed by atoms with Gasteiger partial charge in [0.15, 0.2) is 5.82 Å². The number of imidazole rings is 1. The lowest BCUT2D eigenvalue weighted by Gasteiger charge is -2.06. The van der Waals surface area contributed by atoms with E-state index in [-0.39, 0.29) is 11.7 Å². The monoisotopic (exact) mass is 292 g/mol. The van der Waals surface area contributed by atoms with E-state index in [1.165, 1.54) is 6.07 Å². The van der Waals surface area contributed by atoms with Gasteiger partial charge in [-0.1, -0.05) is 6.07 Å². The summed E-state index contributed by atoms with van der Waals surface area (Å²) in [6.45, 7) is 0.702. The van der Waals surface area contributed by atoms with Gasteiger partial charge in [-0.05, 0) is 24.1 Å². The minimum atomic E-state index is -0.311. The van der Waals surface area contributed by atoms with Crippen LogP contribution in [0.5, 0.6) is 0 Å². The molecule has 0 atom stereocenters. The second-order valence-electron chi connectivity index (χ2n) is 4.69. The van der Waals surface area contributed by atoms with Crippen LogP contribution in [0.15, 0.2) is 30.6 Å². The molecule has 0 unspecified atom stereocenters. The van der Waals surface area contributed by atoms with Gasteiger partial charge < -0.3 is 4.57 Å². The van der Waals surface area contributed by atoms with Gasteiger partial charge >= 0.3 is 0 Å². The molecule has 6 heteroatoms. The quantitative estimate of drug-likeness (QED) is 0.693. The van der Waals surface area contributed by atoms with Gasteiger partial charge in [0.1, 0.15) is 11.3 Å². The van der Waals surface area contributed by atoms with Gasteiger partial charge in [-0.2, -0.15) is 5.10 Å². The molecule has 0 aliphatic rings. The molecule has 4 nitrogen and oxygen atoms in total. The van der Waals surface area contributed by atoms with Crippen molar-refractivity contribution in [3.63, 3.8) is 0 Å². The molecule has 3 rings (SSSR count). The molecule has 3 aromatic rings. The van der Waals surface area contributed by atoms with Crippen molar-refractivity contribution in [3.05, 3.63) is 47.8 Å². The number of hydrogen-bond donors (Lipinski definition) is 0. The van der Waals surface area contributed by atoms with Crippen LogP contribution in [0.2, 0.25) is 0 Å². The molecule has 20 heavy (non-hydrogen) atoms. The van der Waals surface area contributed by atoms with E-state index in [1.54, 1.807) is 10.7 Å². The third kappa shape index (κ3) is 2.29. The molecule has 2 heterocycles. The number of benzene rings is 1. The molecule has 0 amide bonds. The van der Waals surface area contributed by atoms with Crippen LogP contribution in [0.3, 0.4) is 0 Å². The molecule has 0 fully saturated rings. The Bertz CT molecular complexity index is 747. The lowest BCUT2D eigenvalue weighted by molar-refractivity contribution is 0.637. The summed E-state index contributed by atoms with van der Waals surface area (Å²) in [4.78, 5) is 4.28. The number of para-hydroxylation sites is 1. The maximum absolute atomic E-state index is 13.8. The van der Waals surface area contributed by atoms with Crippen molar-refractivity contribution in [2.45, 2.75) is 18.8 Å². The highest BCUT2D eigenvalue weighted by atomic mass is 35.5. The Morgan fingerprint density at radius 3 is 2.90 bits per heavy atom. The maximum Gasteiger partial charge on any atom is 0.151 e. The Hall–Kier alpha value is -1.88. The first-order chi connectivity index (χ1) is 9.69. The Balaban J connectivity index is 1.95. The van der Waals surface area contributed by atoms with Crippen LogP contribution in [0.1, 0.15) is 11.4 Å². The average Bonchev–Trinajstić information content (AvgIpc) is 3.01. The van der Waals surface area contributed by atoms with Crippen molar-refractivity contribution in [1.29, 1.82) is 0 Å². The van der Waals surface area contributed by atoms with E-state index in [1.807, 2.05) is 30.1 Å². The zero-order valence-electron chi connectivity index (χ0n) is 11.1. The first-order valence-electron chi connectivity index (χ1n) is 6.36. The van der Waals surface area contributed by atoms with E-state index >= 15 is 0 Å². The Labute approximate surface area is 120 Å². The first-order valence-corrected chi connectivity index (χ1v) is 6.89. The van der Waals surface area contributed by atoms with Crippen LogP contribution >= 0.6 is 11.6 Å². The van der Waals surface area contributed by atoms with Gasteiger partial charge in [0, 0.05) is 19.8 Å². The molecule has 104 valence electrons. The van der Waals surface area contributed by atoms with E-state index in [2.05, 4.69) is 10.1 Å². The maximum atomic E-state index is 13.8. The van der Waals surface area contributed by atoms with Gasteiger partial charge in [-0.25, -0.2) is 9.37 Å². The number of halogens is 2. The molecule has 0 saturated heterocycles. The lowest BCUT2D eigenvalue weighted by atomic mass is 10.2. The minimum Gasteiger partial charge on any atom is -0.327 e. The number of rotatable bonds is 4. The Morgan fingerprint density at radius 1 is 1.35 bits per heavy atom. The summed E-state index contributed by atoms with van der Waals surface area (Å²) in [5, 5.41) is 4.14. The molecule has 1 aromatic carbocycles. The largest absolute Gasteiger partial charge is 0.327 e. The van der Waals surface area contributed by atoms with Gasteiger partial charge in [0.25, 0.3) is 0 Å². The van der Waals surface area contributed by atoms with Crippen molar-refractivity contribution in [3.8, 4) is 0 Å². The zero-order chi connectivity index (χ0) is 14.1. The van der Waals surface area contributed by atoms with E-state index in [4.69, 9.17) is 11.6 Å². The highest BCUT2D eigenvalue weighted by Crippen LogP contribution is 2.20. The van der Waals surface area contributed by atoms with Crippen LogP contribution in [0.25, 0.3) is 11.0 Å². The number of fused-ring (bicyclic) bond motifs is 1. The fourth-order valence-corrected chi connectivity index (χ4v) is 2.56. The second-order valence-corrected chi connectivity index (χ2v) is 4.96. The summed E-state index contributed by atoms with van der Waals surface area (Å²) < 4.78 is 17.5. The van der Waals surface area contributed by atoms with Crippen molar-refractivity contribution in [2.24, 2.45) is 7.05 Å². The summed E-state index contributed by atoms with van der Waals surface area (Å²) in [5.74, 6) is 0.644. The second kappa shape index (κ2) is 5.25. The smallest absolute Gasteiger partial charge is 0.151 e. The highest BCUT2D eigenvalue weighted by molar-refractivity contribution is 6.16. The third-order valence-corrected chi connectivity index (χ3v) is 3.55. The summed E-state index contributed by atoms with van der Waals surface area (Å²) in [5.41, 5.74) is 2.30. The van der Waals surface area contributed by atoms with Crippen LogP contribution in [-0.4, -0.2) is 19.3 Å². The van der Waals surface area contributed by atoms with Crippen molar-refractivity contribution in [1.82, 2.24) is 19.3 Å². The number of aryl methyl sites for hydroxylation is 3. The van der Waals surface area contributed by atoms with Crippen molar-refractivity contribution in [2.75, 3.05) is 0 Å². The van der Waals surface area contributed by atoms with Crippen LogP contribution in [0.4, 0.5) is 4.39 Å². The fraction of sp³-hybridized carbons (Fsp3) is 0.286.